The third-order valence-corrected chi connectivity index (χ3v) is 3.48. The number of nitrogens with zero attached hydrogens (tertiary/aromatic N) is 2. The molecule has 0 saturated heterocycles. The van der Waals surface area contributed by atoms with Gasteiger partial charge in [0.05, 0.1) is 22.4 Å². The molecule has 0 aliphatic carbocycles. The quantitative estimate of drug-likeness (QED) is 0.894. The molecule has 0 aliphatic heterocycles. The Balaban J connectivity index is 2.98. The largest absolute Gasteiger partial charge is 0.309 e. The number of aromatic nitrogens is 2. The van der Waals surface area contributed by atoms with Gasteiger partial charge in [-0.15, -0.1) is 0 Å². The van der Waals surface area contributed by atoms with Crippen LogP contribution in [-0.2, 0) is 7.05 Å². The van der Waals surface area contributed by atoms with Crippen LogP contribution in [0, 0.1) is 5.92 Å². The van der Waals surface area contributed by atoms with Crippen molar-refractivity contribution in [3.63, 3.8) is 0 Å². The van der Waals surface area contributed by atoms with Gasteiger partial charge < -0.3 is 5.32 Å². The van der Waals surface area contributed by atoms with Gasteiger partial charge in [0.1, 0.15) is 0 Å². The summed E-state index contributed by atoms with van der Waals surface area (Å²) in [6.45, 7) is 7.61. The summed E-state index contributed by atoms with van der Waals surface area (Å²) in [5, 5.41) is 7.79. The van der Waals surface area contributed by atoms with Crippen molar-refractivity contribution in [3.8, 4) is 0 Å². The van der Waals surface area contributed by atoms with E-state index in [0.29, 0.717) is 12.0 Å². The summed E-state index contributed by atoms with van der Waals surface area (Å²) in [6.07, 6.45) is 3.03. The fourth-order valence-electron chi connectivity index (χ4n) is 1.79. The maximum absolute atomic E-state index is 4.27. The normalized spacial score (nSPS) is 15.3. The van der Waals surface area contributed by atoms with E-state index in [1.165, 1.54) is 5.69 Å². The van der Waals surface area contributed by atoms with Gasteiger partial charge in [0.2, 0.25) is 0 Å². The van der Waals surface area contributed by atoms with Crippen LogP contribution in [0.3, 0.4) is 0 Å². The highest BCUT2D eigenvalue weighted by atomic mass is 79.9. The highest BCUT2D eigenvalue weighted by molar-refractivity contribution is 9.10. The molecule has 2 unspecified atom stereocenters. The van der Waals surface area contributed by atoms with Crippen molar-refractivity contribution in [2.75, 3.05) is 6.54 Å². The molecule has 0 saturated carbocycles. The minimum absolute atomic E-state index is 0.377. The molecule has 0 radical (unpaired) electrons. The molecule has 2 atom stereocenters. The van der Waals surface area contributed by atoms with Crippen LogP contribution in [0.5, 0.6) is 0 Å². The van der Waals surface area contributed by atoms with Crippen molar-refractivity contribution in [1.29, 1.82) is 0 Å². The minimum atomic E-state index is 0.377. The van der Waals surface area contributed by atoms with Crippen LogP contribution < -0.4 is 5.32 Å². The Kier molecular flexibility index (Phi) is 4.80. The zero-order valence-corrected chi connectivity index (χ0v) is 11.5. The lowest BCUT2D eigenvalue weighted by atomic mass is 9.96. The van der Waals surface area contributed by atoms with Crippen molar-refractivity contribution in [3.05, 3.63) is 16.4 Å². The maximum atomic E-state index is 4.27. The first-order valence-electron chi connectivity index (χ1n) is 5.52. The first-order valence-corrected chi connectivity index (χ1v) is 6.31. The van der Waals surface area contributed by atoms with Gasteiger partial charge in [-0.3, -0.25) is 4.68 Å². The topological polar surface area (TPSA) is 29.9 Å². The van der Waals surface area contributed by atoms with Gasteiger partial charge in [-0.1, -0.05) is 27.2 Å². The maximum Gasteiger partial charge on any atom is 0.0695 e. The van der Waals surface area contributed by atoms with E-state index in [1.807, 2.05) is 17.9 Å². The SMILES string of the molecule is CCNC(c1c(Br)cnn1C)C(C)CC. The van der Waals surface area contributed by atoms with Crippen molar-refractivity contribution in [2.24, 2.45) is 13.0 Å². The van der Waals surface area contributed by atoms with Gasteiger partial charge in [-0.2, -0.15) is 5.10 Å². The van der Waals surface area contributed by atoms with E-state index in [-0.39, 0.29) is 0 Å². The summed E-state index contributed by atoms with van der Waals surface area (Å²) in [7, 11) is 1.99. The predicted molar refractivity (Wildman–Crippen MR) is 66.8 cm³/mol. The first kappa shape index (κ1) is 12.7. The summed E-state index contributed by atoms with van der Waals surface area (Å²) in [4.78, 5) is 0. The van der Waals surface area contributed by atoms with E-state index < -0.39 is 0 Å². The molecule has 0 fully saturated rings. The molecule has 1 aromatic heterocycles. The zero-order chi connectivity index (χ0) is 11.4. The van der Waals surface area contributed by atoms with E-state index in [0.717, 1.165) is 17.4 Å². The second-order valence-corrected chi connectivity index (χ2v) is 4.78. The third-order valence-electron chi connectivity index (χ3n) is 2.87. The van der Waals surface area contributed by atoms with Crippen LogP contribution in [0.1, 0.15) is 38.9 Å². The number of rotatable bonds is 5. The van der Waals surface area contributed by atoms with Gasteiger partial charge in [-0.25, -0.2) is 0 Å². The Bertz CT molecular complexity index is 289. The lowest BCUT2D eigenvalue weighted by Crippen LogP contribution is -2.28. The van der Waals surface area contributed by atoms with Crippen LogP contribution >= 0.6 is 15.9 Å². The van der Waals surface area contributed by atoms with Crippen LogP contribution in [0.4, 0.5) is 0 Å². The van der Waals surface area contributed by atoms with Crippen LogP contribution in [0.2, 0.25) is 0 Å². The zero-order valence-electron chi connectivity index (χ0n) is 9.92. The van der Waals surface area contributed by atoms with Crippen molar-refractivity contribution < 1.29 is 0 Å². The lowest BCUT2D eigenvalue weighted by molar-refractivity contribution is 0.364. The molecule has 0 aliphatic rings. The van der Waals surface area contributed by atoms with Crippen molar-refractivity contribution in [2.45, 2.75) is 33.2 Å². The summed E-state index contributed by atoms with van der Waals surface area (Å²) in [5.41, 5.74) is 1.24. The second-order valence-electron chi connectivity index (χ2n) is 3.92. The minimum Gasteiger partial charge on any atom is -0.309 e. The predicted octanol–water partition coefficient (Wildman–Crippen LogP) is 2.88. The Morgan fingerprint density at radius 2 is 2.20 bits per heavy atom. The van der Waals surface area contributed by atoms with Gasteiger partial charge in [0.15, 0.2) is 0 Å². The van der Waals surface area contributed by atoms with Gasteiger partial charge in [-0.05, 0) is 28.4 Å². The second kappa shape index (κ2) is 5.66. The molecule has 1 rings (SSSR count). The Hall–Kier alpha value is -0.350. The summed E-state index contributed by atoms with van der Waals surface area (Å²) < 4.78 is 3.04. The molecule has 1 heterocycles. The molecule has 1 N–H and O–H groups in total. The van der Waals surface area contributed by atoms with Crippen molar-refractivity contribution >= 4 is 15.9 Å². The molecule has 0 bridgehead atoms. The molecular weight excluding hydrogens is 254 g/mol. The average Bonchev–Trinajstić information content (AvgIpc) is 2.55. The summed E-state index contributed by atoms with van der Waals surface area (Å²) in [6, 6.07) is 0.377. The number of hydrogen-bond acceptors (Lipinski definition) is 2. The fraction of sp³-hybridized carbons (Fsp3) is 0.727. The first-order chi connectivity index (χ1) is 7.11. The van der Waals surface area contributed by atoms with E-state index in [9.17, 15) is 0 Å². The smallest absolute Gasteiger partial charge is 0.0695 e. The number of hydrogen-bond donors (Lipinski definition) is 1. The molecule has 1 aromatic rings. The molecule has 0 spiro atoms. The van der Waals surface area contributed by atoms with E-state index in [1.54, 1.807) is 0 Å². The third kappa shape index (κ3) is 2.82. The Morgan fingerprint density at radius 3 is 2.60 bits per heavy atom. The Morgan fingerprint density at radius 1 is 1.53 bits per heavy atom. The molecule has 86 valence electrons. The number of halogens is 1. The summed E-state index contributed by atoms with van der Waals surface area (Å²) >= 11 is 3.56. The number of nitrogens with one attached hydrogen (secondary N) is 1. The van der Waals surface area contributed by atoms with Gasteiger partial charge >= 0.3 is 0 Å². The summed E-state index contributed by atoms with van der Waals surface area (Å²) in [5.74, 6) is 0.608. The fourth-order valence-corrected chi connectivity index (χ4v) is 2.39. The van der Waals surface area contributed by atoms with Crippen LogP contribution in [-0.4, -0.2) is 16.3 Å². The highest BCUT2D eigenvalue weighted by Crippen LogP contribution is 2.29. The van der Waals surface area contributed by atoms with Crippen molar-refractivity contribution in [1.82, 2.24) is 15.1 Å². The standard InChI is InChI=1S/C11H20BrN3/c1-5-8(3)10(13-6-2)11-9(12)7-14-15(11)4/h7-8,10,13H,5-6H2,1-4H3. The van der Waals surface area contributed by atoms with E-state index in [4.69, 9.17) is 0 Å². The van der Waals surface area contributed by atoms with E-state index in [2.05, 4.69) is 47.1 Å². The molecule has 15 heavy (non-hydrogen) atoms. The van der Waals surface area contributed by atoms with Gasteiger partial charge in [0.25, 0.3) is 0 Å². The molecule has 4 heteroatoms. The average molecular weight is 274 g/mol. The van der Waals surface area contributed by atoms with Gasteiger partial charge in [0, 0.05) is 7.05 Å². The van der Waals surface area contributed by atoms with Crippen LogP contribution in [0.25, 0.3) is 0 Å². The molecule has 0 aromatic carbocycles. The molecule has 3 nitrogen and oxygen atoms in total. The molecule has 0 amide bonds. The number of aryl methyl sites for hydroxylation is 1. The van der Waals surface area contributed by atoms with Crippen LogP contribution in [0.15, 0.2) is 10.7 Å². The molecular formula is C11H20BrN3. The monoisotopic (exact) mass is 273 g/mol. The highest BCUT2D eigenvalue weighted by Gasteiger charge is 2.22. The Labute approximate surface area is 100 Å². The van der Waals surface area contributed by atoms with E-state index >= 15 is 0 Å². The lowest BCUT2D eigenvalue weighted by Gasteiger charge is -2.24.